The smallest absolute Gasteiger partial charge is 0.251 e. The summed E-state index contributed by atoms with van der Waals surface area (Å²) in [6, 6.07) is 19.7. The molecule has 162 valence electrons. The Kier molecular flexibility index (Phi) is 6.57. The van der Waals surface area contributed by atoms with Crippen molar-refractivity contribution in [3.8, 4) is 5.75 Å². The van der Waals surface area contributed by atoms with E-state index in [4.69, 9.17) is 9.15 Å². The van der Waals surface area contributed by atoms with Crippen molar-refractivity contribution in [3.05, 3.63) is 83.8 Å². The number of hydrogen-bond donors (Lipinski definition) is 1. The largest absolute Gasteiger partial charge is 0.497 e. The van der Waals surface area contributed by atoms with E-state index in [-0.39, 0.29) is 11.9 Å². The number of nitrogens with one attached hydrogen (secondary N) is 1. The van der Waals surface area contributed by atoms with Gasteiger partial charge < -0.3 is 19.4 Å². The van der Waals surface area contributed by atoms with Gasteiger partial charge in [-0.2, -0.15) is 0 Å². The van der Waals surface area contributed by atoms with Crippen LogP contribution in [0.5, 0.6) is 5.75 Å². The number of furan rings is 1. The van der Waals surface area contributed by atoms with Crippen LogP contribution < -0.4 is 15.0 Å². The summed E-state index contributed by atoms with van der Waals surface area (Å²) in [7, 11) is 1.68. The molecule has 2 heterocycles. The van der Waals surface area contributed by atoms with E-state index >= 15 is 0 Å². The molecule has 0 saturated carbocycles. The van der Waals surface area contributed by atoms with Crippen LogP contribution in [0.2, 0.25) is 0 Å². The van der Waals surface area contributed by atoms with Crippen LogP contribution in [0, 0.1) is 6.92 Å². The van der Waals surface area contributed by atoms with Gasteiger partial charge in [-0.15, -0.1) is 0 Å². The summed E-state index contributed by atoms with van der Waals surface area (Å²) in [5.74, 6) is 1.68. The maximum absolute atomic E-state index is 12.7. The molecule has 1 aliphatic heterocycles. The van der Waals surface area contributed by atoms with Crippen LogP contribution in [0.15, 0.2) is 71.3 Å². The first kappa shape index (κ1) is 21.0. The first-order valence-electron chi connectivity index (χ1n) is 10.7. The van der Waals surface area contributed by atoms with Crippen LogP contribution >= 0.6 is 0 Å². The van der Waals surface area contributed by atoms with Crippen LogP contribution in [-0.2, 0) is 0 Å². The lowest BCUT2D eigenvalue weighted by Crippen LogP contribution is -2.49. The van der Waals surface area contributed by atoms with Gasteiger partial charge >= 0.3 is 0 Å². The molecule has 1 fully saturated rings. The Morgan fingerprint density at radius 3 is 2.48 bits per heavy atom. The lowest BCUT2D eigenvalue weighted by Gasteiger charge is -2.39. The normalized spacial score (nSPS) is 15.5. The molecular weight excluding hydrogens is 390 g/mol. The molecule has 6 nitrogen and oxygen atoms in total. The number of amides is 1. The highest BCUT2D eigenvalue weighted by atomic mass is 16.5. The molecule has 0 spiro atoms. The second-order valence-electron chi connectivity index (χ2n) is 7.83. The van der Waals surface area contributed by atoms with E-state index in [0.29, 0.717) is 12.1 Å². The zero-order valence-electron chi connectivity index (χ0n) is 18.1. The van der Waals surface area contributed by atoms with Crippen LogP contribution in [0.4, 0.5) is 5.69 Å². The van der Waals surface area contributed by atoms with Crippen molar-refractivity contribution in [3.63, 3.8) is 0 Å². The highest BCUT2D eigenvalue weighted by Gasteiger charge is 2.27. The quantitative estimate of drug-likeness (QED) is 0.630. The van der Waals surface area contributed by atoms with Crippen molar-refractivity contribution in [2.75, 3.05) is 44.7 Å². The van der Waals surface area contributed by atoms with Crippen LogP contribution in [-0.4, -0.2) is 50.6 Å². The topological polar surface area (TPSA) is 58.0 Å². The maximum Gasteiger partial charge on any atom is 0.251 e. The lowest BCUT2D eigenvalue weighted by molar-refractivity contribution is 0.0922. The predicted octanol–water partition coefficient (Wildman–Crippen LogP) is 3.89. The minimum Gasteiger partial charge on any atom is -0.497 e. The van der Waals surface area contributed by atoms with Crippen molar-refractivity contribution in [1.82, 2.24) is 10.2 Å². The second kappa shape index (κ2) is 9.71. The molecule has 4 rings (SSSR count). The molecule has 1 aromatic heterocycles. The van der Waals surface area contributed by atoms with E-state index in [9.17, 15) is 4.79 Å². The third-order valence-electron chi connectivity index (χ3n) is 5.80. The van der Waals surface area contributed by atoms with Crippen molar-refractivity contribution in [1.29, 1.82) is 0 Å². The Morgan fingerprint density at radius 2 is 1.84 bits per heavy atom. The van der Waals surface area contributed by atoms with E-state index in [1.807, 2.05) is 55.5 Å². The zero-order chi connectivity index (χ0) is 21.6. The zero-order valence-corrected chi connectivity index (χ0v) is 18.1. The minimum atomic E-state index is -0.0582. The van der Waals surface area contributed by atoms with E-state index in [2.05, 4.69) is 27.2 Å². The number of hydrogen-bond acceptors (Lipinski definition) is 5. The van der Waals surface area contributed by atoms with Gasteiger partial charge in [-0.1, -0.05) is 17.7 Å². The van der Waals surface area contributed by atoms with Crippen molar-refractivity contribution < 1.29 is 13.9 Å². The Labute approximate surface area is 183 Å². The number of carbonyl (C=O) groups excluding carboxylic acids is 1. The molecule has 1 aliphatic rings. The summed E-state index contributed by atoms with van der Waals surface area (Å²) < 4.78 is 11.0. The van der Waals surface area contributed by atoms with Gasteiger partial charge in [-0.05, 0) is 55.5 Å². The molecule has 0 bridgehead atoms. The predicted molar refractivity (Wildman–Crippen MR) is 122 cm³/mol. The van der Waals surface area contributed by atoms with E-state index < -0.39 is 0 Å². The van der Waals surface area contributed by atoms with Crippen LogP contribution in [0.1, 0.15) is 27.7 Å². The first-order chi connectivity index (χ1) is 15.1. The van der Waals surface area contributed by atoms with Gasteiger partial charge in [0.2, 0.25) is 0 Å². The first-order valence-corrected chi connectivity index (χ1v) is 10.7. The Bertz CT molecular complexity index is 978. The summed E-state index contributed by atoms with van der Waals surface area (Å²) >= 11 is 0. The highest BCUT2D eigenvalue weighted by molar-refractivity contribution is 5.94. The minimum absolute atomic E-state index is 0.00164. The molecule has 2 aromatic carbocycles. The second-order valence-corrected chi connectivity index (χ2v) is 7.83. The Hall–Kier alpha value is -3.25. The molecule has 1 amide bonds. The molecule has 1 unspecified atom stereocenters. The molecule has 3 aromatic rings. The van der Waals surface area contributed by atoms with Gasteiger partial charge in [0.25, 0.3) is 5.91 Å². The number of piperazine rings is 1. The monoisotopic (exact) mass is 419 g/mol. The van der Waals surface area contributed by atoms with Crippen LogP contribution in [0.25, 0.3) is 0 Å². The molecule has 1 atom stereocenters. The van der Waals surface area contributed by atoms with Gasteiger partial charge in [-0.3, -0.25) is 9.69 Å². The average Bonchev–Trinajstić information content (AvgIpc) is 3.34. The van der Waals surface area contributed by atoms with Gasteiger partial charge in [0.15, 0.2) is 0 Å². The number of ether oxygens (including phenoxy) is 1. The highest BCUT2D eigenvalue weighted by Crippen LogP contribution is 2.25. The summed E-state index contributed by atoms with van der Waals surface area (Å²) in [5, 5.41) is 3.10. The number of aryl methyl sites for hydroxylation is 1. The van der Waals surface area contributed by atoms with Crippen molar-refractivity contribution in [2.24, 2.45) is 0 Å². The molecule has 0 aliphatic carbocycles. The van der Waals surface area contributed by atoms with Gasteiger partial charge in [0, 0.05) is 44.0 Å². The SMILES string of the molecule is COc1ccc(N2CCN(C(CNC(=O)c3cccc(C)c3)c3ccco3)CC2)cc1. The molecule has 0 radical (unpaired) electrons. The van der Waals surface area contributed by atoms with Gasteiger partial charge in [-0.25, -0.2) is 0 Å². The number of benzene rings is 2. The van der Waals surface area contributed by atoms with Gasteiger partial charge in [0.05, 0.1) is 19.4 Å². The fourth-order valence-electron chi connectivity index (χ4n) is 4.05. The number of carbonyl (C=O) groups is 1. The maximum atomic E-state index is 12.7. The van der Waals surface area contributed by atoms with Crippen molar-refractivity contribution >= 4 is 11.6 Å². The number of anilines is 1. The summed E-state index contributed by atoms with van der Waals surface area (Å²) in [6.07, 6.45) is 1.69. The fraction of sp³-hybridized carbons (Fsp3) is 0.320. The van der Waals surface area contributed by atoms with E-state index in [1.54, 1.807) is 13.4 Å². The molecule has 1 saturated heterocycles. The fourth-order valence-corrected chi connectivity index (χ4v) is 4.05. The number of nitrogens with zero attached hydrogens (tertiary/aromatic N) is 2. The Morgan fingerprint density at radius 1 is 1.06 bits per heavy atom. The molecule has 1 N–H and O–H groups in total. The van der Waals surface area contributed by atoms with Gasteiger partial charge in [0.1, 0.15) is 11.5 Å². The number of methoxy groups -OCH3 is 1. The van der Waals surface area contributed by atoms with Crippen LogP contribution in [0.3, 0.4) is 0 Å². The molecular formula is C25H29N3O3. The summed E-state index contributed by atoms with van der Waals surface area (Å²) in [4.78, 5) is 17.4. The lowest BCUT2D eigenvalue weighted by atomic mass is 10.1. The van der Waals surface area contributed by atoms with E-state index in [0.717, 1.165) is 43.3 Å². The molecule has 6 heteroatoms. The van der Waals surface area contributed by atoms with Crippen molar-refractivity contribution in [2.45, 2.75) is 13.0 Å². The number of rotatable bonds is 7. The third kappa shape index (κ3) is 5.09. The molecule has 31 heavy (non-hydrogen) atoms. The standard InChI is InChI=1S/C25H29N3O3/c1-19-5-3-6-20(17-19)25(29)26-18-23(24-7-4-16-31-24)28-14-12-27(13-15-28)21-8-10-22(30-2)11-9-21/h3-11,16-17,23H,12-15,18H2,1-2H3,(H,26,29). The van der Waals surface area contributed by atoms with E-state index in [1.165, 1.54) is 5.69 Å². The summed E-state index contributed by atoms with van der Waals surface area (Å²) in [6.45, 7) is 6.09. The Balaban J connectivity index is 1.40. The summed E-state index contributed by atoms with van der Waals surface area (Å²) in [5.41, 5.74) is 2.95. The average molecular weight is 420 g/mol. The third-order valence-corrected chi connectivity index (χ3v) is 5.80.